The third-order valence-electron chi connectivity index (χ3n) is 7.49. The summed E-state index contributed by atoms with van der Waals surface area (Å²) in [7, 11) is -6.65. The molecule has 0 bridgehead atoms. The summed E-state index contributed by atoms with van der Waals surface area (Å²) in [5, 5.41) is 0. The molecule has 0 aliphatic carbocycles. The number of unbranched alkanes of at least 4 members (excludes halogenated alkanes) is 1. The second-order valence-corrected chi connectivity index (χ2v) is 14.3. The minimum Gasteiger partial charge on any atom is -0.342 e. The molecular weight excluding hydrogens is 524 g/mol. The molecule has 1 aliphatic rings. The highest BCUT2D eigenvalue weighted by molar-refractivity contribution is 7.90. The summed E-state index contributed by atoms with van der Waals surface area (Å²) in [5.74, 6) is -0.0540. The predicted molar refractivity (Wildman–Crippen MR) is 154 cm³/mol. The lowest BCUT2D eigenvalue weighted by Crippen LogP contribution is -2.42. The molecule has 0 N–H and O–H groups in total. The van der Waals surface area contributed by atoms with Crippen molar-refractivity contribution in [3.63, 3.8) is 0 Å². The lowest BCUT2D eigenvalue weighted by molar-refractivity contribution is -0.130. The summed E-state index contributed by atoms with van der Waals surface area (Å²) in [6.45, 7) is 13.9. The van der Waals surface area contributed by atoms with Crippen LogP contribution in [0.25, 0.3) is 0 Å². The standard InChI is InChI=1S/C27H48N4O5S2/c1-6-28(7-2)20-21-38(35,36)31-19-11-18-30(27(32)23-31)17-10-9-16-29(8-3)24(4)22-25-12-14-26(15-13-25)37(5,33)34/h12-15,24H,6-11,16-23H2,1-5H3. The summed E-state index contributed by atoms with van der Waals surface area (Å²) in [4.78, 5) is 19.5. The molecule has 1 fully saturated rings. The SMILES string of the molecule is CCN(CC)CCS(=O)(=O)N1CCCN(CCCCN(CC)C(C)Cc2ccc(S(C)(=O)=O)cc2)C(=O)C1. The molecule has 38 heavy (non-hydrogen) atoms. The van der Waals surface area contributed by atoms with E-state index in [-0.39, 0.29) is 18.2 Å². The van der Waals surface area contributed by atoms with Crippen LogP contribution in [0.5, 0.6) is 0 Å². The number of hydrogen-bond donors (Lipinski definition) is 0. The number of likely N-dealkylation sites (N-methyl/N-ethyl adjacent to an activating group) is 1. The molecule has 1 aliphatic heterocycles. The van der Waals surface area contributed by atoms with Gasteiger partial charge in [0.2, 0.25) is 15.9 Å². The van der Waals surface area contributed by atoms with Crippen LogP contribution in [0.3, 0.4) is 0 Å². The van der Waals surface area contributed by atoms with Gasteiger partial charge in [-0.25, -0.2) is 16.8 Å². The molecule has 11 heteroatoms. The Morgan fingerprint density at radius 2 is 1.58 bits per heavy atom. The molecule has 2 rings (SSSR count). The van der Waals surface area contributed by atoms with Crippen LogP contribution in [0.4, 0.5) is 0 Å². The van der Waals surface area contributed by atoms with Gasteiger partial charge in [0, 0.05) is 38.5 Å². The minimum absolute atomic E-state index is 0.0504. The summed E-state index contributed by atoms with van der Waals surface area (Å²) < 4.78 is 50.4. The molecule has 1 aromatic carbocycles. The van der Waals surface area contributed by atoms with E-state index < -0.39 is 19.9 Å². The summed E-state index contributed by atoms with van der Waals surface area (Å²) >= 11 is 0. The molecule has 0 spiro atoms. The highest BCUT2D eigenvalue weighted by Gasteiger charge is 2.29. The van der Waals surface area contributed by atoms with E-state index >= 15 is 0 Å². The molecule has 9 nitrogen and oxygen atoms in total. The van der Waals surface area contributed by atoms with Gasteiger partial charge in [-0.3, -0.25) is 4.79 Å². The van der Waals surface area contributed by atoms with E-state index in [1.807, 2.05) is 30.9 Å². The predicted octanol–water partition coefficient (Wildman–Crippen LogP) is 2.33. The largest absolute Gasteiger partial charge is 0.342 e. The monoisotopic (exact) mass is 572 g/mol. The van der Waals surface area contributed by atoms with E-state index in [0.29, 0.717) is 43.5 Å². The van der Waals surface area contributed by atoms with Gasteiger partial charge in [0.05, 0.1) is 17.2 Å². The molecular formula is C27H48N4O5S2. The number of carbonyl (C=O) groups excluding carboxylic acids is 1. The van der Waals surface area contributed by atoms with Gasteiger partial charge in [-0.1, -0.05) is 32.9 Å². The van der Waals surface area contributed by atoms with Gasteiger partial charge in [-0.05, 0) is 76.5 Å². The summed E-state index contributed by atoms with van der Waals surface area (Å²) in [6, 6.07) is 7.42. The third kappa shape index (κ3) is 10.2. The normalized spacial score (nSPS) is 16.8. The van der Waals surface area contributed by atoms with E-state index in [9.17, 15) is 21.6 Å². The van der Waals surface area contributed by atoms with Crippen LogP contribution in [0.15, 0.2) is 29.2 Å². The topological polar surface area (TPSA) is 98.3 Å². The number of nitrogens with zero attached hydrogens (tertiary/aromatic N) is 4. The van der Waals surface area contributed by atoms with Gasteiger partial charge in [-0.2, -0.15) is 4.31 Å². The van der Waals surface area contributed by atoms with Gasteiger partial charge in [0.1, 0.15) is 0 Å². The number of sulfone groups is 1. The maximum atomic E-state index is 12.9. The van der Waals surface area contributed by atoms with Gasteiger partial charge in [0.15, 0.2) is 9.84 Å². The van der Waals surface area contributed by atoms with Crippen molar-refractivity contribution in [1.82, 2.24) is 19.0 Å². The van der Waals surface area contributed by atoms with E-state index in [4.69, 9.17) is 0 Å². The Balaban J connectivity index is 1.80. The first-order valence-corrected chi connectivity index (χ1v) is 17.4. The van der Waals surface area contributed by atoms with Crippen molar-refractivity contribution in [2.24, 2.45) is 0 Å². The molecule has 1 atom stereocenters. The van der Waals surface area contributed by atoms with E-state index in [2.05, 4.69) is 23.6 Å². The van der Waals surface area contributed by atoms with E-state index in [1.165, 1.54) is 10.6 Å². The maximum absolute atomic E-state index is 12.9. The van der Waals surface area contributed by atoms with Crippen LogP contribution in [0.1, 0.15) is 52.5 Å². The van der Waals surface area contributed by atoms with Crippen molar-refractivity contribution in [2.75, 3.05) is 70.9 Å². The van der Waals surface area contributed by atoms with Gasteiger partial charge < -0.3 is 14.7 Å². The van der Waals surface area contributed by atoms with Crippen molar-refractivity contribution in [1.29, 1.82) is 0 Å². The van der Waals surface area contributed by atoms with Crippen molar-refractivity contribution >= 4 is 25.8 Å². The lowest BCUT2D eigenvalue weighted by Gasteiger charge is -2.28. The van der Waals surface area contributed by atoms with Crippen LogP contribution in [-0.2, 0) is 31.1 Å². The molecule has 1 aromatic rings. The molecule has 0 radical (unpaired) electrons. The second kappa shape index (κ2) is 15.3. The van der Waals surface area contributed by atoms with Gasteiger partial charge in [0.25, 0.3) is 0 Å². The Morgan fingerprint density at radius 3 is 2.16 bits per heavy atom. The van der Waals surface area contributed by atoms with E-state index in [1.54, 1.807) is 12.1 Å². The number of amides is 1. The van der Waals surface area contributed by atoms with Crippen molar-refractivity contribution in [2.45, 2.75) is 64.3 Å². The Bertz CT molecular complexity index is 1070. The Kier molecular flexibility index (Phi) is 13.2. The Hall–Kier alpha value is -1.53. The molecule has 1 saturated heterocycles. The fraction of sp³-hybridized carbons (Fsp3) is 0.741. The molecule has 1 unspecified atom stereocenters. The second-order valence-electron chi connectivity index (χ2n) is 10.2. The summed E-state index contributed by atoms with van der Waals surface area (Å²) in [6.07, 6.45) is 4.52. The summed E-state index contributed by atoms with van der Waals surface area (Å²) in [5.41, 5.74) is 1.11. The highest BCUT2D eigenvalue weighted by Crippen LogP contribution is 2.15. The first-order valence-electron chi connectivity index (χ1n) is 13.9. The fourth-order valence-electron chi connectivity index (χ4n) is 4.93. The number of rotatable bonds is 16. The van der Waals surface area contributed by atoms with Gasteiger partial charge in [-0.15, -0.1) is 0 Å². The average Bonchev–Trinajstić information content (AvgIpc) is 3.06. The van der Waals surface area contributed by atoms with Gasteiger partial charge >= 0.3 is 0 Å². The zero-order valence-electron chi connectivity index (χ0n) is 23.9. The Morgan fingerprint density at radius 1 is 0.921 bits per heavy atom. The van der Waals surface area contributed by atoms with Crippen molar-refractivity contribution in [3.8, 4) is 0 Å². The third-order valence-corrected chi connectivity index (χ3v) is 10.4. The van der Waals surface area contributed by atoms with Crippen LogP contribution >= 0.6 is 0 Å². The molecule has 1 heterocycles. The van der Waals surface area contributed by atoms with Crippen LogP contribution in [0.2, 0.25) is 0 Å². The maximum Gasteiger partial charge on any atom is 0.237 e. The molecule has 0 aromatic heterocycles. The minimum atomic E-state index is -3.46. The lowest BCUT2D eigenvalue weighted by atomic mass is 10.1. The zero-order valence-corrected chi connectivity index (χ0v) is 25.6. The molecule has 218 valence electrons. The molecule has 1 amide bonds. The first-order chi connectivity index (χ1) is 17.9. The quantitative estimate of drug-likeness (QED) is 0.281. The number of carbonyl (C=O) groups is 1. The van der Waals surface area contributed by atoms with Crippen molar-refractivity contribution < 1.29 is 21.6 Å². The van der Waals surface area contributed by atoms with Crippen LogP contribution < -0.4 is 0 Å². The zero-order chi connectivity index (χ0) is 28.3. The average molecular weight is 573 g/mol. The van der Waals surface area contributed by atoms with Crippen LogP contribution in [0, 0.1) is 0 Å². The highest BCUT2D eigenvalue weighted by atomic mass is 32.2. The van der Waals surface area contributed by atoms with Crippen molar-refractivity contribution in [3.05, 3.63) is 29.8 Å². The first kappa shape index (κ1) is 32.7. The fourth-order valence-corrected chi connectivity index (χ4v) is 7.02. The van der Waals surface area contributed by atoms with Crippen LogP contribution in [-0.4, -0.2) is 119 Å². The number of benzene rings is 1. The number of hydrogen-bond acceptors (Lipinski definition) is 7. The Labute approximate surface area is 231 Å². The number of sulfonamides is 1. The molecule has 0 saturated carbocycles. The smallest absolute Gasteiger partial charge is 0.237 e. The van der Waals surface area contributed by atoms with E-state index in [0.717, 1.165) is 51.0 Å².